The maximum Gasteiger partial charge on any atom is 0.319 e. The van der Waals surface area contributed by atoms with E-state index in [0.29, 0.717) is 12.5 Å². The molecule has 1 unspecified atom stereocenters. The molecule has 3 heteroatoms. The van der Waals surface area contributed by atoms with E-state index in [-0.39, 0.29) is 11.2 Å². The molecule has 0 bridgehead atoms. The van der Waals surface area contributed by atoms with Gasteiger partial charge in [-0.15, -0.1) is 0 Å². The molecule has 0 heterocycles. The Kier molecular flexibility index (Phi) is 4.64. The molecule has 1 fully saturated rings. The molecule has 76 valence electrons. The van der Waals surface area contributed by atoms with E-state index in [9.17, 15) is 4.79 Å². The Bertz CT molecular complexity index is 164. The normalized spacial score (nSPS) is 21.1. The van der Waals surface area contributed by atoms with Gasteiger partial charge in [0.1, 0.15) is 5.25 Å². The van der Waals surface area contributed by atoms with Gasteiger partial charge < -0.3 is 4.74 Å². The van der Waals surface area contributed by atoms with Crippen LogP contribution in [0.25, 0.3) is 0 Å². The smallest absolute Gasteiger partial charge is 0.319 e. The predicted molar refractivity (Wildman–Crippen MR) is 56.0 cm³/mol. The van der Waals surface area contributed by atoms with E-state index in [1.165, 1.54) is 19.3 Å². The van der Waals surface area contributed by atoms with Crippen LogP contribution < -0.4 is 0 Å². The molecule has 13 heavy (non-hydrogen) atoms. The molecule has 0 aromatic carbocycles. The average molecular weight is 202 g/mol. The van der Waals surface area contributed by atoms with Crippen molar-refractivity contribution < 1.29 is 9.53 Å². The lowest BCUT2D eigenvalue weighted by molar-refractivity contribution is -0.143. The molecule has 1 saturated carbocycles. The summed E-state index contributed by atoms with van der Waals surface area (Å²) >= 11 is 4.33. The van der Waals surface area contributed by atoms with Gasteiger partial charge in [-0.1, -0.05) is 19.3 Å². The maximum atomic E-state index is 11.3. The molecular formula is C10H18O2S. The van der Waals surface area contributed by atoms with E-state index in [2.05, 4.69) is 12.6 Å². The van der Waals surface area contributed by atoms with Gasteiger partial charge in [0.25, 0.3) is 0 Å². The third-order valence-electron chi connectivity index (χ3n) is 2.62. The van der Waals surface area contributed by atoms with E-state index in [1.54, 1.807) is 0 Å². The summed E-state index contributed by atoms with van der Waals surface area (Å²) in [6.07, 6.45) is 6.04. The summed E-state index contributed by atoms with van der Waals surface area (Å²) in [5.74, 6) is 0.300. The average Bonchev–Trinajstić information content (AvgIpc) is 2.18. The molecular weight excluding hydrogens is 184 g/mol. The van der Waals surface area contributed by atoms with Crippen molar-refractivity contribution in [2.45, 2.75) is 44.3 Å². The van der Waals surface area contributed by atoms with Gasteiger partial charge >= 0.3 is 5.97 Å². The first-order chi connectivity index (χ1) is 6.25. The van der Waals surface area contributed by atoms with Crippen LogP contribution in [-0.2, 0) is 9.53 Å². The Hall–Kier alpha value is -0.180. The first kappa shape index (κ1) is 10.9. The Labute approximate surface area is 85.4 Å². The Balaban J connectivity index is 2.35. The van der Waals surface area contributed by atoms with Gasteiger partial charge in [-0.3, -0.25) is 4.79 Å². The highest BCUT2D eigenvalue weighted by atomic mass is 32.1. The summed E-state index contributed by atoms with van der Waals surface area (Å²) in [4.78, 5) is 11.3. The zero-order chi connectivity index (χ0) is 9.68. The van der Waals surface area contributed by atoms with Crippen LogP contribution in [0.1, 0.15) is 39.0 Å². The molecule has 0 aromatic heterocycles. The molecule has 0 saturated heterocycles. The van der Waals surface area contributed by atoms with Crippen molar-refractivity contribution in [3.8, 4) is 0 Å². The van der Waals surface area contributed by atoms with Crippen LogP contribution in [-0.4, -0.2) is 17.8 Å². The van der Waals surface area contributed by atoms with Crippen LogP contribution in [0, 0.1) is 5.92 Å². The number of hydrogen-bond acceptors (Lipinski definition) is 3. The fraction of sp³-hybridized carbons (Fsp3) is 0.900. The monoisotopic (exact) mass is 202 g/mol. The zero-order valence-electron chi connectivity index (χ0n) is 8.16. The van der Waals surface area contributed by atoms with Crippen molar-refractivity contribution in [3.05, 3.63) is 0 Å². The fourth-order valence-electron chi connectivity index (χ4n) is 1.87. The lowest BCUT2D eigenvalue weighted by Crippen LogP contribution is -2.28. The highest BCUT2D eigenvalue weighted by Gasteiger charge is 2.27. The summed E-state index contributed by atoms with van der Waals surface area (Å²) < 4.78 is 4.94. The molecule has 1 rings (SSSR count). The van der Waals surface area contributed by atoms with Crippen molar-refractivity contribution in [1.82, 2.24) is 0 Å². The minimum atomic E-state index is -0.194. The van der Waals surface area contributed by atoms with E-state index in [0.717, 1.165) is 12.8 Å². The van der Waals surface area contributed by atoms with Crippen molar-refractivity contribution in [3.63, 3.8) is 0 Å². The lowest BCUT2D eigenvalue weighted by Gasteiger charge is -2.25. The SMILES string of the molecule is CCOC(=O)C(S)C1CCCCC1. The largest absolute Gasteiger partial charge is 0.465 e. The topological polar surface area (TPSA) is 26.3 Å². The zero-order valence-corrected chi connectivity index (χ0v) is 9.06. The standard InChI is InChI=1S/C10H18O2S/c1-2-12-10(11)9(13)8-6-4-3-5-7-8/h8-9,13H,2-7H2,1H3. The van der Waals surface area contributed by atoms with Crippen molar-refractivity contribution in [2.75, 3.05) is 6.61 Å². The highest BCUT2D eigenvalue weighted by Crippen LogP contribution is 2.29. The van der Waals surface area contributed by atoms with Gasteiger partial charge in [0.15, 0.2) is 0 Å². The minimum absolute atomic E-state index is 0.141. The molecule has 0 aliphatic heterocycles. The number of hydrogen-bond donors (Lipinski definition) is 1. The number of rotatable bonds is 3. The summed E-state index contributed by atoms with van der Waals surface area (Å²) in [6.45, 7) is 2.29. The molecule has 0 spiro atoms. The minimum Gasteiger partial charge on any atom is -0.465 e. The van der Waals surface area contributed by atoms with Crippen molar-refractivity contribution in [1.29, 1.82) is 0 Å². The van der Waals surface area contributed by atoms with Crippen molar-refractivity contribution >= 4 is 18.6 Å². The number of esters is 1. The number of carbonyl (C=O) groups is 1. The second-order valence-corrected chi connectivity index (χ2v) is 4.15. The molecule has 1 aliphatic carbocycles. The first-order valence-electron chi connectivity index (χ1n) is 5.10. The number of carbonyl (C=O) groups excluding carboxylic acids is 1. The van der Waals surface area contributed by atoms with Gasteiger partial charge in [0.2, 0.25) is 0 Å². The van der Waals surface area contributed by atoms with Gasteiger partial charge in [0, 0.05) is 0 Å². The Morgan fingerprint density at radius 3 is 2.62 bits per heavy atom. The lowest BCUT2D eigenvalue weighted by atomic mass is 9.87. The highest BCUT2D eigenvalue weighted by molar-refractivity contribution is 7.81. The number of ether oxygens (including phenoxy) is 1. The first-order valence-corrected chi connectivity index (χ1v) is 5.62. The summed E-state index contributed by atoms with van der Waals surface area (Å²) in [5.41, 5.74) is 0. The third-order valence-corrected chi connectivity index (χ3v) is 3.26. The molecule has 0 N–H and O–H groups in total. The van der Waals surface area contributed by atoms with Gasteiger partial charge in [-0.05, 0) is 25.7 Å². The molecule has 0 radical (unpaired) electrons. The predicted octanol–water partition coefficient (Wildman–Crippen LogP) is 2.43. The Morgan fingerprint density at radius 1 is 1.46 bits per heavy atom. The Morgan fingerprint density at radius 2 is 2.08 bits per heavy atom. The van der Waals surface area contributed by atoms with Crippen LogP contribution in [0.15, 0.2) is 0 Å². The quantitative estimate of drug-likeness (QED) is 0.562. The fourth-order valence-corrected chi connectivity index (χ4v) is 2.24. The van der Waals surface area contributed by atoms with Gasteiger partial charge in [-0.2, -0.15) is 12.6 Å². The molecule has 0 amide bonds. The molecule has 1 atom stereocenters. The van der Waals surface area contributed by atoms with Crippen LogP contribution in [0.4, 0.5) is 0 Å². The van der Waals surface area contributed by atoms with Crippen molar-refractivity contribution in [2.24, 2.45) is 5.92 Å². The second kappa shape index (κ2) is 5.53. The van der Waals surface area contributed by atoms with Crippen LogP contribution >= 0.6 is 12.6 Å². The van der Waals surface area contributed by atoms with Crippen LogP contribution in [0.5, 0.6) is 0 Å². The second-order valence-electron chi connectivity index (χ2n) is 3.59. The van der Waals surface area contributed by atoms with Crippen LogP contribution in [0.2, 0.25) is 0 Å². The molecule has 1 aliphatic rings. The molecule has 2 nitrogen and oxygen atoms in total. The van der Waals surface area contributed by atoms with Crippen LogP contribution in [0.3, 0.4) is 0 Å². The van der Waals surface area contributed by atoms with E-state index in [1.807, 2.05) is 6.92 Å². The summed E-state index contributed by atoms with van der Waals surface area (Å²) in [7, 11) is 0. The van der Waals surface area contributed by atoms with E-state index in [4.69, 9.17) is 4.74 Å². The number of thiol groups is 1. The third kappa shape index (κ3) is 3.22. The van der Waals surface area contributed by atoms with Gasteiger partial charge in [-0.25, -0.2) is 0 Å². The van der Waals surface area contributed by atoms with E-state index >= 15 is 0 Å². The van der Waals surface area contributed by atoms with E-state index < -0.39 is 0 Å². The maximum absolute atomic E-state index is 11.3. The summed E-state index contributed by atoms with van der Waals surface area (Å²) in [6, 6.07) is 0. The summed E-state index contributed by atoms with van der Waals surface area (Å²) in [5, 5.41) is -0.194. The van der Waals surface area contributed by atoms with Gasteiger partial charge in [0.05, 0.1) is 6.61 Å². The molecule has 0 aromatic rings.